The summed E-state index contributed by atoms with van der Waals surface area (Å²) in [6.45, 7) is 2.64. The molecule has 0 spiro atoms. The van der Waals surface area contributed by atoms with Gasteiger partial charge in [-0.2, -0.15) is 0 Å². The molecule has 0 saturated heterocycles. The van der Waals surface area contributed by atoms with Crippen molar-refractivity contribution in [3.63, 3.8) is 0 Å². The third-order valence-electron chi connectivity index (χ3n) is 1.27. The summed E-state index contributed by atoms with van der Waals surface area (Å²) < 4.78 is 10.4. The first-order valence-corrected chi connectivity index (χ1v) is 4.52. The van der Waals surface area contributed by atoms with Crippen LogP contribution in [0, 0.1) is 0 Å². The minimum absolute atomic E-state index is 0.683. The van der Waals surface area contributed by atoms with Crippen LogP contribution in [-0.4, -0.2) is 13.7 Å². The maximum Gasteiger partial charge on any atom is 0.165 e. The normalized spacial score (nSPS) is 10.0. The van der Waals surface area contributed by atoms with Crippen LogP contribution in [0.1, 0.15) is 6.92 Å². The van der Waals surface area contributed by atoms with Gasteiger partial charge in [0.1, 0.15) is 0 Å². The number of ether oxygens (including phenoxy) is 2. The standard InChI is InChI=1S/C8H11O2P/c1-3-10-8-6-11-5-4-7(8)9-2/h4-6H,3H2,1-2H3. The Morgan fingerprint density at radius 3 is 2.91 bits per heavy atom. The molecule has 0 N–H and O–H groups in total. The summed E-state index contributed by atoms with van der Waals surface area (Å²) in [4.78, 5) is 0. The van der Waals surface area contributed by atoms with E-state index in [4.69, 9.17) is 9.47 Å². The zero-order valence-corrected chi connectivity index (χ0v) is 7.60. The summed E-state index contributed by atoms with van der Waals surface area (Å²) in [6.07, 6.45) is 0. The molecule has 0 atom stereocenters. The van der Waals surface area contributed by atoms with E-state index in [0.717, 1.165) is 19.7 Å². The molecule has 0 fully saturated rings. The second-order valence-electron chi connectivity index (χ2n) is 1.96. The fourth-order valence-corrected chi connectivity index (χ4v) is 1.44. The highest BCUT2D eigenvalue weighted by Crippen LogP contribution is 2.29. The largest absolute Gasteiger partial charge is 0.493 e. The van der Waals surface area contributed by atoms with E-state index in [-0.39, 0.29) is 0 Å². The van der Waals surface area contributed by atoms with Gasteiger partial charge < -0.3 is 9.47 Å². The molecule has 0 unspecified atom stereocenters. The quantitative estimate of drug-likeness (QED) is 0.694. The van der Waals surface area contributed by atoms with Crippen LogP contribution >= 0.6 is 8.19 Å². The Morgan fingerprint density at radius 2 is 2.27 bits per heavy atom. The van der Waals surface area contributed by atoms with Crippen LogP contribution in [0.4, 0.5) is 0 Å². The summed E-state index contributed by atoms with van der Waals surface area (Å²) in [7, 11) is 2.80. The Balaban J connectivity index is 2.83. The zero-order chi connectivity index (χ0) is 8.10. The molecule has 11 heavy (non-hydrogen) atoms. The first kappa shape index (κ1) is 8.35. The molecule has 3 heteroatoms. The molecule has 0 aromatic carbocycles. The lowest BCUT2D eigenvalue weighted by molar-refractivity contribution is 0.312. The summed E-state index contributed by atoms with van der Waals surface area (Å²) >= 11 is 0. The van der Waals surface area contributed by atoms with Gasteiger partial charge in [-0.15, -0.1) is 0 Å². The van der Waals surface area contributed by atoms with Gasteiger partial charge in [0.2, 0.25) is 0 Å². The van der Waals surface area contributed by atoms with E-state index in [1.807, 2.05) is 24.6 Å². The lowest BCUT2D eigenvalue weighted by Gasteiger charge is -2.06. The molecule has 0 aliphatic heterocycles. The highest BCUT2D eigenvalue weighted by atomic mass is 31.0. The summed E-state index contributed by atoms with van der Waals surface area (Å²) in [5, 5.41) is 0. The smallest absolute Gasteiger partial charge is 0.165 e. The predicted molar refractivity (Wildman–Crippen MR) is 46.7 cm³/mol. The molecule has 1 rings (SSSR count). The van der Waals surface area contributed by atoms with Crippen molar-refractivity contribution in [2.75, 3.05) is 13.7 Å². The van der Waals surface area contributed by atoms with Gasteiger partial charge in [0, 0.05) is 5.80 Å². The molecule has 0 amide bonds. The van der Waals surface area contributed by atoms with Crippen LogP contribution in [0.2, 0.25) is 0 Å². The minimum Gasteiger partial charge on any atom is -0.493 e. The first-order valence-electron chi connectivity index (χ1n) is 3.49. The molecular weight excluding hydrogens is 159 g/mol. The Labute approximate surface area is 68.3 Å². The van der Waals surface area contributed by atoms with E-state index in [9.17, 15) is 0 Å². The highest BCUT2D eigenvalue weighted by Gasteiger charge is 1.99. The maximum atomic E-state index is 5.33. The Bertz CT molecular complexity index is 225. The summed E-state index contributed by atoms with van der Waals surface area (Å²) in [5.74, 6) is 5.66. The fourth-order valence-electron chi connectivity index (χ4n) is 0.800. The van der Waals surface area contributed by atoms with E-state index in [1.54, 1.807) is 7.11 Å². The maximum absolute atomic E-state index is 5.33. The van der Waals surface area contributed by atoms with Crippen LogP contribution in [0.25, 0.3) is 0 Å². The van der Waals surface area contributed by atoms with Crippen molar-refractivity contribution in [3.05, 3.63) is 17.7 Å². The third-order valence-corrected chi connectivity index (χ3v) is 1.97. The molecule has 0 radical (unpaired) electrons. The lowest BCUT2D eigenvalue weighted by atomic mass is 10.5. The SMILES string of the molecule is CCOc1cpccc1OC. The van der Waals surface area contributed by atoms with Gasteiger partial charge in [-0.1, -0.05) is 8.19 Å². The van der Waals surface area contributed by atoms with Gasteiger partial charge in [-0.25, -0.2) is 0 Å². The van der Waals surface area contributed by atoms with E-state index in [0.29, 0.717) is 6.61 Å². The molecule has 0 bridgehead atoms. The van der Waals surface area contributed by atoms with E-state index in [1.165, 1.54) is 0 Å². The van der Waals surface area contributed by atoms with Gasteiger partial charge in [0.25, 0.3) is 0 Å². The lowest BCUT2D eigenvalue weighted by Crippen LogP contribution is -1.93. The van der Waals surface area contributed by atoms with Gasteiger partial charge in [0.05, 0.1) is 13.7 Å². The second-order valence-corrected chi connectivity index (χ2v) is 2.81. The highest BCUT2D eigenvalue weighted by molar-refractivity contribution is 7.28. The van der Waals surface area contributed by atoms with Crippen LogP contribution in [-0.2, 0) is 0 Å². The monoisotopic (exact) mass is 170 g/mol. The Kier molecular flexibility index (Phi) is 3.18. The number of hydrogen-bond donors (Lipinski definition) is 0. The van der Waals surface area contributed by atoms with Crippen LogP contribution in [0.5, 0.6) is 11.5 Å². The van der Waals surface area contributed by atoms with Gasteiger partial charge in [0.15, 0.2) is 11.5 Å². The third kappa shape index (κ3) is 2.09. The van der Waals surface area contributed by atoms with Crippen LogP contribution < -0.4 is 9.47 Å². The summed E-state index contributed by atoms with van der Waals surface area (Å²) in [6, 6.07) is 1.92. The van der Waals surface area contributed by atoms with Crippen molar-refractivity contribution in [1.29, 1.82) is 0 Å². The van der Waals surface area contributed by atoms with Gasteiger partial charge >= 0.3 is 0 Å². The average Bonchev–Trinajstić information content (AvgIpc) is 2.06. The molecule has 1 aromatic rings. The summed E-state index contributed by atoms with van der Waals surface area (Å²) in [5.41, 5.74) is 0. The predicted octanol–water partition coefficient (Wildman–Crippen LogP) is 2.67. The van der Waals surface area contributed by atoms with E-state index in [2.05, 4.69) is 0 Å². The Hall–Kier alpha value is -0.750. The van der Waals surface area contributed by atoms with Gasteiger partial charge in [-0.3, -0.25) is 0 Å². The fraction of sp³-hybridized carbons (Fsp3) is 0.375. The Morgan fingerprint density at radius 1 is 1.45 bits per heavy atom. The van der Waals surface area contributed by atoms with Crippen molar-refractivity contribution in [2.24, 2.45) is 0 Å². The molecule has 0 aliphatic carbocycles. The topological polar surface area (TPSA) is 18.5 Å². The van der Waals surface area contributed by atoms with E-state index >= 15 is 0 Å². The number of hydrogen-bond acceptors (Lipinski definition) is 2. The molecule has 0 aliphatic rings. The van der Waals surface area contributed by atoms with Crippen molar-refractivity contribution >= 4 is 8.19 Å². The molecule has 0 saturated carbocycles. The molecular formula is C8H11O2P. The van der Waals surface area contributed by atoms with Crippen molar-refractivity contribution in [1.82, 2.24) is 0 Å². The minimum atomic E-state index is 0.683. The first-order chi connectivity index (χ1) is 5.38. The molecule has 2 nitrogen and oxygen atoms in total. The molecule has 1 aromatic heterocycles. The molecule has 1 heterocycles. The van der Waals surface area contributed by atoms with Crippen LogP contribution in [0.15, 0.2) is 17.7 Å². The van der Waals surface area contributed by atoms with Gasteiger partial charge in [-0.05, 0) is 18.8 Å². The van der Waals surface area contributed by atoms with E-state index < -0.39 is 0 Å². The van der Waals surface area contributed by atoms with Crippen molar-refractivity contribution in [3.8, 4) is 11.5 Å². The van der Waals surface area contributed by atoms with Crippen LogP contribution in [0.3, 0.4) is 0 Å². The number of methoxy groups -OCH3 is 1. The second kappa shape index (κ2) is 4.20. The number of rotatable bonds is 3. The average molecular weight is 170 g/mol. The van der Waals surface area contributed by atoms with Crippen molar-refractivity contribution in [2.45, 2.75) is 6.92 Å². The van der Waals surface area contributed by atoms with Crippen molar-refractivity contribution < 1.29 is 9.47 Å². The molecule has 60 valence electrons. The zero-order valence-electron chi connectivity index (χ0n) is 6.70.